The van der Waals surface area contributed by atoms with Crippen molar-refractivity contribution in [3.8, 4) is 18.0 Å². The minimum Gasteiger partial charge on any atom is -0.320 e. The topological polar surface area (TPSA) is 97.2 Å². The molecule has 0 atom stereocenters. The summed E-state index contributed by atoms with van der Waals surface area (Å²) in [5, 5.41) is 11.1. The normalized spacial score (nSPS) is 14.0. The molecule has 0 saturated carbocycles. The second-order valence-electron chi connectivity index (χ2n) is 7.38. The summed E-state index contributed by atoms with van der Waals surface area (Å²) < 4.78 is 26.9. The quantitative estimate of drug-likeness (QED) is 0.633. The standard InChI is InChI=1S/C22H21N5O3S/c1-4-16-7-5-9-18(13-16)23-22(28)21-15(2)27(25-24-21)20-10-6-8-17-14-26(31(3,29)30)12-11-19(17)20/h1,5-10,13H,11-12,14H2,2-3H3,(H,23,28). The number of anilines is 1. The molecular formula is C22H21N5O3S. The van der Waals surface area contributed by atoms with Crippen LogP contribution in [0.1, 0.15) is 32.9 Å². The molecule has 1 aromatic heterocycles. The van der Waals surface area contributed by atoms with Gasteiger partial charge in [0, 0.05) is 24.3 Å². The lowest BCUT2D eigenvalue weighted by atomic mass is 9.99. The van der Waals surface area contributed by atoms with Gasteiger partial charge in [-0.3, -0.25) is 4.79 Å². The van der Waals surface area contributed by atoms with Crippen molar-refractivity contribution >= 4 is 21.6 Å². The summed E-state index contributed by atoms with van der Waals surface area (Å²) in [6.07, 6.45) is 7.19. The molecule has 0 radical (unpaired) electrons. The molecule has 1 aliphatic rings. The largest absolute Gasteiger partial charge is 0.320 e. The predicted octanol–water partition coefficient (Wildman–Crippen LogP) is 2.13. The van der Waals surface area contributed by atoms with Gasteiger partial charge < -0.3 is 5.32 Å². The lowest BCUT2D eigenvalue weighted by Crippen LogP contribution is -2.35. The van der Waals surface area contributed by atoms with Crippen LogP contribution in [0.3, 0.4) is 0 Å². The zero-order valence-electron chi connectivity index (χ0n) is 17.2. The maximum Gasteiger partial charge on any atom is 0.278 e. The first kappa shape index (κ1) is 20.8. The molecule has 4 rings (SSSR count). The molecule has 1 N–H and O–H groups in total. The van der Waals surface area contributed by atoms with E-state index >= 15 is 0 Å². The van der Waals surface area contributed by atoms with E-state index in [2.05, 4.69) is 21.5 Å². The number of nitrogens with zero attached hydrogens (tertiary/aromatic N) is 4. The van der Waals surface area contributed by atoms with E-state index in [1.165, 1.54) is 10.6 Å². The molecule has 2 heterocycles. The number of benzene rings is 2. The summed E-state index contributed by atoms with van der Waals surface area (Å²) in [6, 6.07) is 12.7. The summed E-state index contributed by atoms with van der Waals surface area (Å²) in [4.78, 5) is 12.8. The average Bonchev–Trinajstić information content (AvgIpc) is 3.13. The number of sulfonamides is 1. The number of carbonyl (C=O) groups excluding carboxylic acids is 1. The Labute approximate surface area is 180 Å². The van der Waals surface area contributed by atoms with Crippen LogP contribution in [-0.2, 0) is 23.0 Å². The maximum atomic E-state index is 12.8. The lowest BCUT2D eigenvalue weighted by Gasteiger charge is -2.28. The second kappa shape index (κ2) is 7.98. The molecule has 0 saturated heterocycles. The fraction of sp³-hybridized carbons (Fsp3) is 0.227. The fourth-order valence-electron chi connectivity index (χ4n) is 3.69. The Hall–Kier alpha value is -3.48. The minimum absolute atomic E-state index is 0.206. The molecule has 0 bridgehead atoms. The summed E-state index contributed by atoms with van der Waals surface area (Å²) >= 11 is 0. The Kier molecular flexibility index (Phi) is 5.35. The van der Waals surface area contributed by atoms with E-state index in [0.717, 1.165) is 16.8 Å². The number of terminal acetylenes is 1. The number of aromatic nitrogens is 3. The molecule has 9 heteroatoms. The van der Waals surface area contributed by atoms with Crippen molar-refractivity contribution in [3.63, 3.8) is 0 Å². The first-order chi connectivity index (χ1) is 14.8. The van der Waals surface area contributed by atoms with Gasteiger partial charge in [-0.2, -0.15) is 4.31 Å². The van der Waals surface area contributed by atoms with Gasteiger partial charge in [0.15, 0.2) is 5.69 Å². The van der Waals surface area contributed by atoms with Crippen LogP contribution in [0.2, 0.25) is 0 Å². The number of carbonyl (C=O) groups is 1. The van der Waals surface area contributed by atoms with Crippen LogP contribution >= 0.6 is 0 Å². The summed E-state index contributed by atoms with van der Waals surface area (Å²) in [5.41, 5.74) is 4.75. The Morgan fingerprint density at radius 3 is 2.74 bits per heavy atom. The molecule has 8 nitrogen and oxygen atoms in total. The first-order valence-electron chi connectivity index (χ1n) is 9.64. The van der Waals surface area contributed by atoms with Crippen LogP contribution < -0.4 is 5.32 Å². The molecule has 158 valence electrons. The average molecular weight is 436 g/mol. The highest BCUT2D eigenvalue weighted by Gasteiger charge is 2.26. The SMILES string of the molecule is C#Cc1cccc(NC(=O)c2nnn(-c3cccc4c3CCN(S(C)(=O)=O)C4)c2C)c1. The van der Waals surface area contributed by atoms with Gasteiger partial charge in [0.2, 0.25) is 10.0 Å². The molecule has 2 aromatic carbocycles. The van der Waals surface area contributed by atoms with Crippen LogP contribution in [0, 0.1) is 19.3 Å². The fourth-order valence-corrected chi connectivity index (χ4v) is 4.49. The predicted molar refractivity (Wildman–Crippen MR) is 117 cm³/mol. The van der Waals surface area contributed by atoms with Crippen molar-refractivity contribution in [2.24, 2.45) is 0 Å². The van der Waals surface area contributed by atoms with E-state index in [-0.39, 0.29) is 11.6 Å². The van der Waals surface area contributed by atoms with Crippen molar-refractivity contribution in [2.75, 3.05) is 18.1 Å². The van der Waals surface area contributed by atoms with Crippen LogP contribution in [-0.4, -0.2) is 46.4 Å². The molecule has 0 aliphatic carbocycles. The minimum atomic E-state index is -3.26. The third-order valence-electron chi connectivity index (χ3n) is 5.30. The molecule has 0 fully saturated rings. The van der Waals surface area contributed by atoms with E-state index in [4.69, 9.17) is 6.42 Å². The van der Waals surface area contributed by atoms with Crippen molar-refractivity contribution < 1.29 is 13.2 Å². The zero-order valence-corrected chi connectivity index (χ0v) is 18.0. The molecule has 1 amide bonds. The number of amides is 1. The summed E-state index contributed by atoms with van der Waals surface area (Å²) in [6.45, 7) is 2.49. The first-order valence-corrected chi connectivity index (χ1v) is 11.5. The number of rotatable bonds is 4. The maximum absolute atomic E-state index is 12.8. The zero-order chi connectivity index (χ0) is 22.2. The second-order valence-corrected chi connectivity index (χ2v) is 9.36. The lowest BCUT2D eigenvalue weighted by molar-refractivity contribution is 0.102. The van der Waals surface area contributed by atoms with Crippen LogP contribution in [0.5, 0.6) is 0 Å². The molecule has 0 spiro atoms. The Bertz CT molecular complexity index is 1320. The van der Waals surface area contributed by atoms with Crippen LogP contribution in [0.4, 0.5) is 5.69 Å². The number of nitrogens with one attached hydrogen (secondary N) is 1. The third kappa shape index (κ3) is 4.08. The van der Waals surface area contributed by atoms with E-state index in [1.807, 2.05) is 18.2 Å². The van der Waals surface area contributed by atoms with Gasteiger partial charge in [-0.25, -0.2) is 13.1 Å². The molecule has 1 aliphatic heterocycles. The summed E-state index contributed by atoms with van der Waals surface area (Å²) in [5.74, 6) is 2.15. The van der Waals surface area contributed by atoms with Gasteiger partial charge in [0.05, 0.1) is 17.6 Å². The highest BCUT2D eigenvalue weighted by atomic mass is 32.2. The van der Waals surface area contributed by atoms with E-state index < -0.39 is 10.0 Å². The van der Waals surface area contributed by atoms with Gasteiger partial charge in [-0.1, -0.05) is 29.3 Å². The highest BCUT2D eigenvalue weighted by molar-refractivity contribution is 7.88. The van der Waals surface area contributed by atoms with Gasteiger partial charge in [0.25, 0.3) is 5.91 Å². The Morgan fingerprint density at radius 1 is 1.23 bits per heavy atom. The van der Waals surface area contributed by atoms with Crippen molar-refractivity contribution in [2.45, 2.75) is 19.9 Å². The van der Waals surface area contributed by atoms with E-state index in [0.29, 0.717) is 36.5 Å². The van der Waals surface area contributed by atoms with E-state index in [9.17, 15) is 13.2 Å². The molecular weight excluding hydrogens is 414 g/mol. The number of hydrogen-bond acceptors (Lipinski definition) is 5. The van der Waals surface area contributed by atoms with Crippen LogP contribution in [0.15, 0.2) is 42.5 Å². The number of fused-ring (bicyclic) bond motifs is 1. The van der Waals surface area contributed by atoms with Gasteiger partial charge in [-0.15, -0.1) is 11.5 Å². The van der Waals surface area contributed by atoms with Gasteiger partial charge in [-0.05, 0) is 48.7 Å². The molecule has 31 heavy (non-hydrogen) atoms. The summed E-state index contributed by atoms with van der Waals surface area (Å²) in [7, 11) is -3.26. The van der Waals surface area contributed by atoms with Crippen molar-refractivity contribution in [3.05, 3.63) is 70.5 Å². The van der Waals surface area contributed by atoms with Crippen molar-refractivity contribution in [1.82, 2.24) is 19.3 Å². The Balaban J connectivity index is 1.63. The van der Waals surface area contributed by atoms with E-state index in [1.54, 1.807) is 35.9 Å². The third-order valence-corrected chi connectivity index (χ3v) is 6.55. The Morgan fingerprint density at radius 2 is 2.00 bits per heavy atom. The van der Waals surface area contributed by atoms with Gasteiger partial charge >= 0.3 is 0 Å². The smallest absolute Gasteiger partial charge is 0.278 e. The monoisotopic (exact) mass is 435 g/mol. The highest BCUT2D eigenvalue weighted by Crippen LogP contribution is 2.27. The van der Waals surface area contributed by atoms with Gasteiger partial charge in [0.1, 0.15) is 0 Å². The number of hydrogen-bond donors (Lipinski definition) is 1. The van der Waals surface area contributed by atoms with Crippen molar-refractivity contribution in [1.29, 1.82) is 0 Å². The van der Waals surface area contributed by atoms with Crippen LogP contribution in [0.25, 0.3) is 5.69 Å². The molecule has 0 unspecified atom stereocenters. The molecule has 3 aromatic rings.